The lowest BCUT2D eigenvalue weighted by Gasteiger charge is -2.37. The van der Waals surface area contributed by atoms with Crippen molar-refractivity contribution in [2.24, 2.45) is 5.73 Å². The molecule has 0 spiro atoms. The van der Waals surface area contributed by atoms with Crippen LogP contribution in [0.15, 0.2) is 24.3 Å². The van der Waals surface area contributed by atoms with Crippen LogP contribution in [0.25, 0.3) is 0 Å². The van der Waals surface area contributed by atoms with Crippen molar-refractivity contribution >= 4 is 5.69 Å². The van der Waals surface area contributed by atoms with Crippen molar-refractivity contribution in [3.8, 4) is 0 Å². The second-order valence-electron chi connectivity index (χ2n) is 4.89. The molecular weight excluding hydrogens is 212 g/mol. The number of hydrogen-bond acceptors (Lipinski definition) is 3. The van der Waals surface area contributed by atoms with Gasteiger partial charge in [-0.05, 0) is 37.8 Å². The minimum absolute atomic E-state index is 0.351. The molecule has 3 nitrogen and oxygen atoms in total. The first kappa shape index (κ1) is 12.4. The summed E-state index contributed by atoms with van der Waals surface area (Å²) >= 11 is 0. The maximum absolute atomic E-state index is 9.57. The van der Waals surface area contributed by atoms with Crippen molar-refractivity contribution < 1.29 is 5.11 Å². The molecule has 0 amide bonds. The average molecular weight is 234 g/mol. The van der Waals surface area contributed by atoms with Gasteiger partial charge in [0.05, 0.1) is 6.10 Å². The van der Waals surface area contributed by atoms with Gasteiger partial charge < -0.3 is 15.7 Å². The Hall–Kier alpha value is -1.06. The fraction of sp³-hybridized carbons (Fsp3) is 0.571. The van der Waals surface area contributed by atoms with Crippen LogP contribution in [0, 0.1) is 0 Å². The van der Waals surface area contributed by atoms with Gasteiger partial charge in [-0.3, -0.25) is 0 Å². The molecule has 1 aliphatic rings. The van der Waals surface area contributed by atoms with Gasteiger partial charge in [0.1, 0.15) is 0 Å². The van der Waals surface area contributed by atoms with Crippen LogP contribution in [0.4, 0.5) is 5.69 Å². The van der Waals surface area contributed by atoms with Gasteiger partial charge in [-0.15, -0.1) is 0 Å². The predicted octanol–water partition coefficient (Wildman–Crippen LogP) is 1.54. The zero-order valence-corrected chi connectivity index (χ0v) is 10.5. The number of fused-ring (bicyclic) bond motifs is 1. The number of aliphatic hydroxyl groups excluding tert-OH is 1. The molecule has 0 aliphatic carbocycles. The summed E-state index contributed by atoms with van der Waals surface area (Å²) in [5.74, 6) is 0. The topological polar surface area (TPSA) is 49.5 Å². The van der Waals surface area contributed by atoms with E-state index in [9.17, 15) is 5.11 Å². The van der Waals surface area contributed by atoms with E-state index in [4.69, 9.17) is 5.73 Å². The number of aliphatic hydroxyl groups is 1. The Morgan fingerprint density at radius 1 is 1.47 bits per heavy atom. The molecule has 3 N–H and O–H groups in total. The highest BCUT2D eigenvalue weighted by molar-refractivity contribution is 5.56. The van der Waals surface area contributed by atoms with Gasteiger partial charge in [0, 0.05) is 24.8 Å². The summed E-state index contributed by atoms with van der Waals surface area (Å²) in [7, 11) is 0. The lowest BCUT2D eigenvalue weighted by molar-refractivity contribution is 0.173. The molecule has 2 unspecified atom stereocenters. The number of aryl methyl sites for hydroxylation is 1. The van der Waals surface area contributed by atoms with Crippen molar-refractivity contribution in [3.63, 3.8) is 0 Å². The van der Waals surface area contributed by atoms with Crippen LogP contribution in [-0.4, -0.2) is 30.3 Å². The molecule has 94 valence electrons. The summed E-state index contributed by atoms with van der Waals surface area (Å²) in [6, 6.07) is 9.12. The van der Waals surface area contributed by atoms with Crippen LogP contribution >= 0.6 is 0 Å². The van der Waals surface area contributed by atoms with E-state index in [1.54, 1.807) is 0 Å². The first-order valence-corrected chi connectivity index (χ1v) is 6.45. The molecule has 2 atom stereocenters. The van der Waals surface area contributed by atoms with Crippen molar-refractivity contribution in [1.82, 2.24) is 0 Å². The number of hydrogen-bond donors (Lipinski definition) is 2. The summed E-state index contributed by atoms with van der Waals surface area (Å²) in [4.78, 5) is 2.40. The Labute approximate surface area is 103 Å². The molecular formula is C14H22N2O. The van der Waals surface area contributed by atoms with Gasteiger partial charge >= 0.3 is 0 Å². The van der Waals surface area contributed by atoms with Gasteiger partial charge in [0.25, 0.3) is 0 Å². The van der Waals surface area contributed by atoms with Crippen molar-refractivity contribution in [2.45, 2.75) is 38.3 Å². The minimum Gasteiger partial charge on any atom is -0.392 e. The molecule has 1 aromatic rings. The van der Waals surface area contributed by atoms with Gasteiger partial charge in [-0.1, -0.05) is 18.2 Å². The van der Waals surface area contributed by atoms with Crippen LogP contribution in [-0.2, 0) is 6.42 Å². The van der Waals surface area contributed by atoms with Crippen LogP contribution in [0.3, 0.4) is 0 Å². The normalized spacial score (nSPS) is 21.1. The third kappa shape index (κ3) is 2.79. The minimum atomic E-state index is -0.378. The molecule has 0 bridgehead atoms. The van der Waals surface area contributed by atoms with Crippen molar-refractivity contribution in [1.29, 1.82) is 0 Å². The highest BCUT2D eigenvalue weighted by Crippen LogP contribution is 2.30. The molecule has 1 heterocycles. The zero-order chi connectivity index (χ0) is 12.3. The Kier molecular flexibility index (Phi) is 4.02. The Morgan fingerprint density at radius 3 is 3.00 bits per heavy atom. The van der Waals surface area contributed by atoms with Crippen LogP contribution in [0.1, 0.15) is 25.3 Å². The van der Waals surface area contributed by atoms with E-state index in [2.05, 4.69) is 36.1 Å². The van der Waals surface area contributed by atoms with Gasteiger partial charge in [0.15, 0.2) is 0 Å². The van der Waals surface area contributed by atoms with E-state index < -0.39 is 0 Å². The highest BCUT2D eigenvalue weighted by Gasteiger charge is 2.22. The van der Waals surface area contributed by atoms with E-state index in [0.29, 0.717) is 12.6 Å². The molecule has 0 radical (unpaired) electrons. The lowest BCUT2D eigenvalue weighted by Crippen LogP contribution is -2.39. The molecule has 0 saturated heterocycles. The maximum atomic E-state index is 9.57. The van der Waals surface area contributed by atoms with E-state index in [0.717, 1.165) is 19.4 Å². The number of nitrogens with two attached hydrogens (primary N) is 1. The van der Waals surface area contributed by atoms with Gasteiger partial charge in [0.2, 0.25) is 0 Å². The fourth-order valence-electron chi connectivity index (χ4n) is 2.51. The summed E-state index contributed by atoms with van der Waals surface area (Å²) in [6.07, 6.45) is 2.72. The van der Waals surface area contributed by atoms with E-state index in [-0.39, 0.29) is 6.10 Å². The molecule has 0 saturated carbocycles. The van der Waals surface area contributed by atoms with Crippen LogP contribution in [0.5, 0.6) is 0 Å². The maximum Gasteiger partial charge on any atom is 0.0679 e. The molecule has 0 aromatic heterocycles. The Bertz CT molecular complexity index is 367. The number of anilines is 1. The monoisotopic (exact) mass is 234 g/mol. The standard InChI is InChI=1S/C14H22N2O/c1-11-6-7-12-4-2-3-5-14(12)16(11)9-8-13(17)10-15/h2-5,11,13,17H,6-10,15H2,1H3. The summed E-state index contributed by atoms with van der Waals surface area (Å²) in [6.45, 7) is 3.49. The molecule has 3 heteroatoms. The van der Waals surface area contributed by atoms with Crippen LogP contribution < -0.4 is 10.6 Å². The lowest BCUT2D eigenvalue weighted by atomic mass is 9.96. The number of para-hydroxylation sites is 1. The van der Waals surface area contributed by atoms with Crippen molar-refractivity contribution in [3.05, 3.63) is 29.8 Å². The summed E-state index contributed by atoms with van der Waals surface area (Å²) in [5.41, 5.74) is 8.20. The zero-order valence-electron chi connectivity index (χ0n) is 10.5. The third-order valence-corrected chi connectivity index (χ3v) is 3.64. The van der Waals surface area contributed by atoms with Gasteiger partial charge in [-0.25, -0.2) is 0 Å². The second-order valence-corrected chi connectivity index (χ2v) is 4.89. The SMILES string of the molecule is CC1CCc2ccccc2N1CCC(O)CN. The first-order valence-electron chi connectivity index (χ1n) is 6.45. The number of rotatable bonds is 4. The van der Waals surface area contributed by atoms with E-state index in [1.807, 2.05) is 0 Å². The summed E-state index contributed by atoms with van der Waals surface area (Å²) < 4.78 is 0. The molecule has 17 heavy (non-hydrogen) atoms. The van der Waals surface area contributed by atoms with Gasteiger partial charge in [-0.2, -0.15) is 0 Å². The Balaban J connectivity index is 2.10. The molecule has 1 aliphatic heterocycles. The molecule has 1 aromatic carbocycles. The van der Waals surface area contributed by atoms with E-state index >= 15 is 0 Å². The number of benzene rings is 1. The molecule has 2 rings (SSSR count). The average Bonchev–Trinajstić information content (AvgIpc) is 2.37. The highest BCUT2D eigenvalue weighted by atomic mass is 16.3. The quantitative estimate of drug-likeness (QED) is 0.831. The largest absolute Gasteiger partial charge is 0.392 e. The predicted molar refractivity (Wildman–Crippen MR) is 71.2 cm³/mol. The van der Waals surface area contributed by atoms with E-state index in [1.165, 1.54) is 17.7 Å². The first-order chi connectivity index (χ1) is 8.22. The third-order valence-electron chi connectivity index (χ3n) is 3.64. The smallest absolute Gasteiger partial charge is 0.0679 e. The molecule has 0 fully saturated rings. The summed E-state index contributed by atoms with van der Waals surface area (Å²) in [5, 5.41) is 9.57. The fourth-order valence-corrected chi connectivity index (χ4v) is 2.51. The van der Waals surface area contributed by atoms with Crippen LogP contribution in [0.2, 0.25) is 0 Å². The number of nitrogens with zero attached hydrogens (tertiary/aromatic N) is 1. The second kappa shape index (κ2) is 5.52. The Morgan fingerprint density at radius 2 is 2.24 bits per heavy atom. The van der Waals surface area contributed by atoms with Crippen molar-refractivity contribution in [2.75, 3.05) is 18.0 Å².